The van der Waals surface area contributed by atoms with Gasteiger partial charge in [0.15, 0.2) is 5.25 Å². The Morgan fingerprint density at radius 1 is 0.917 bits per heavy atom. The van der Waals surface area contributed by atoms with Gasteiger partial charge in [-0.1, -0.05) is 18.2 Å². The van der Waals surface area contributed by atoms with E-state index in [1.54, 1.807) is 0 Å². The molecular formula is C14H12O8S2. The van der Waals surface area contributed by atoms with Crippen molar-refractivity contribution in [1.82, 2.24) is 0 Å². The molecule has 0 saturated heterocycles. The second-order valence-corrected chi connectivity index (χ2v) is 8.40. The van der Waals surface area contributed by atoms with Crippen molar-refractivity contribution in [2.24, 2.45) is 0 Å². The summed E-state index contributed by atoms with van der Waals surface area (Å²) in [6, 6.07) is 6.40. The molecule has 0 aliphatic heterocycles. The lowest BCUT2D eigenvalue weighted by Gasteiger charge is -2.32. The van der Waals surface area contributed by atoms with Crippen LogP contribution >= 0.6 is 0 Å². The number of hydrogen-bond donors (Lipinski definition) is 4. The van der Waals surface area contributed by atoms with E-state index in [1.165, 1.54) is 30.3 Å². The van der Waals surface area contributed by atoms with E-state index in [0.29, 0.717) is 10.9 Å². The van der Waals surface area contributed by atoms with E-state index in [9.17, 15) is 27.0 Å². The molecule has 3 rings (SSSR count). The summed E-state index contributed by atoms with van der Waals surface area (Å²) in [7, 11) is -9.24. The highest BCUT2D eigenvalue weighted by atomic mass is 32.2. The molecule has 1 aliphatic carbocycles. The highest BCUT2D eigenvalue weighted by molar-refractivity contribution is 7.86. The van der Waals surface area contributed by atoms with Crippen molar-refractivity contribution in [1.29, 1.82) is 0 Å². The smallest absolute Gasteiger partial charge is 0.294 e. The third-order valence-electron chi connectivity index (χ3n) is 3.84. The molecule has 0 aromatic heterocycles. The van der Waals surface area contributed by atoms with Crippen LogP contribution in [0, 0.1) is 0 Å². The molecule has 2 aromatic rings. The minimum absolute atomic E-state index is 0.215. The Kier molecular flexibility index (Phi) is 3.61. The molecule has 1 unspecified atom stereocenters. The molecule has 128 valence electrons. The van der Waals surface area contributed by atoms with Crippen LogP contribution in [0.3, 0.4) is 0 Å². The second kappa shape index (κ2) is 5.09. The fourth-order valence-electron chi connectivity index (χ4n) is 2.70. The van der Waals surface area contributed by atoms with Crippen molar-refractivity contribution in [3.05, 3.63) is 47.5 Å². The summed E-state index contributed by atoms with van der Waals surface area (Å²) in [5.41, 5.74) is 0.0830. The molecule has 0 amide bonds. The SMILES string of the molecule is O=S(=O)(O)c1ccc2cc3c(cc2c1)C(O)(O)C(S(=O)(=O)O)C=C3. The zero-order valence-electron chi connectivity index (χ0n) is 11.9. The molecule has 24 heavy (non-hydrogen) atoms. The van der Waals surface area contributed by atoms with E-state index >= 15 is 0 Å². The lowest BCUT2D eigenvalue weighted by Crippen LogP contribution is -2.45. The minimum atomic E-state index is -4.78. The van der Waals surface area contributed by atoms with Gasteiger partial charge in [0.1, 0.15) is 0 Å². The third-order valence-corrected chi connectivity index (χ3v) is 5.82. The van der Waals surface area contributed by atoms with Crippen LogP contribution in [0.1, 0.15) is 11.1 Å². The van der Waals surface area contributed by atoms with Gasteiger partial charge in [0, 0.05) is 5.56 Å². The van der Waals surface area contributed by atoms with Crippen LogP contribution < -0.4 is 0 Å². The fraction of sp³-hybridized carbons (Fsp3) is 0.143. The van der Waals surface area contributed by atoms with Crippen molar-refractivity contribution >= 4 is 37.1 Å². The minimum Gasteiger partial charge on any atom is -0.361 e. The van der Waals surface area contributed by atoms with Crippen LogP contribution in [0.5, 0.6) is 0 Å². The Morgan fingerprint density at radius 2 is 1.58 bits per heavy atom. The number of fused-ring (bicyclic) bond motifs is 2. The summed E-state index contributed by atoms with van der Waals surface area (Å²) in [6.45, 7) is 0. The number of benzene rings is 2. The Bertz CT molecular complexity index is 1080. The van der Waals surface area contributed by atoms with Crippen LogP contribution in [0.15, 0.2) is 41.3 Å². The van der Waals surface area contributed by atoms with Crippen molar-refractivity contribution in [2.75, 3.05) is 0 Å². The maximum Gasteiger partial charge on any atom is 0.294 e. The van der Waals surface area contributed by atoms with Crippen molar-refractivity contribution < 1.29 is 36.2 Å². The van der Waals surface area contributed by atoms with Gasteiger partial charge in [-0.3, -0.25) is 9.11 Å². The molecule has 1 atom stereocenters. The Morgan fingerprint density at radius 3 is 2.17 bits per heavy atom. The predicted molar refractivity (Wildman–Crippen MR) is 84.2 cm³/mol. The first-order chi connectivity index (χ1) is 10.9. The summed E-state index contributed by atoms with van der Waals surface area (Å²) in [5, 5.41) is 19.2. The molecule has 8 nitrogen and oxygen atoms in total. The molecule has 0 spiro atoms. The Hall–Kier alpha value is -1.82. The average molecular weight is 372 g/mol. The van der Waals surface area contributed by atoms with Crippen molar-refractivity contribution in [3.63, 3.8) is 0 Å². The maximum atomic E-state index is 11.3. The normalized spacial score (nSPS) is 20.1. The molecule has 0 saturated carbocycles. The van der Waals surface area contributed by atoms with Crippen LogP contribution in [-0.4, -0.2) is 41.4 Å². The summed E-state index contributed by atoms with van der Waals surface area (Å²) < 4.78 is 63.3. The van der Waals surface area contributed by atoms with Crippen LogP contribution in [0.4, 0.5) is 0 Å². The van der Waals surface area contributed by atoms with Gasteiger partial charge in [-0.05, 0) is 40.6 Å². The van der Waals surface area contributed by atoms with Gasteiger partial charge in [-0.2, -0.15) is 16.8 Å². The summed E-state index contributed by atoms with van der Waals surface area (Å²) >= 11 is 0. The summed E-state index contributed by atoms with van der Waals surface area (Å²) in [6.07, 6.45) is 2.27. The van der Waals surface area contributed by atoms with Crippen LogP contribution in [0.2, 0.25) is 0 Å². The van der Waals surface area contributed by atoms with Crippen LogP contribution in [-0.2, 0) is 26.0 Å². The summed E-state index contributed by atoms with van der Waals surface area (Å²) in [5.74, 6) is -2.90. The number of rotatable bonds is 2. The largest absolute Gasteiger partial charge is 0.361 e. The number of hydrogen-bond acceptors (Lipinski definition) is 6. The zero-order chi connectivity index (χ0) is 17.9. The topological polar surface area (TPSA) is 149 Å². The van der Waals surface area contributed by atoms with Gasteiger partial charge >= 0.3 is 0 Å². The molecule has 0 heterocycles. The first-order valence-corrected chi connectivity index (χ1v) is 9.50. The molecule has 0 fully saturated rings. The van der Waals surface area contributed by atoms with E-state index in [4.69, 9.17) is 9.11 Å². The molecule has 10 heteroatoms. The molecule has 4 N–H and O–H groups in total. The Balaban J connectivity index is 2.28. The average Bonchev–Trinajstić information content (AvgIpc) is 2.42. The van der Waals surface area contributed by atoms with E-state index in [-0.39, 0.29) is 10.9 Å². The standard InChI is InChI=1S/C14H12O8S2/c15-14(16)12-7-10-6-11(23(17,18)19)3-1-8(10)5-9(12)2-4-13(14)24(20,21)22/h1-7,13,15-16H,(H,17,18,19)(H,20,21,22). The van der Waals surface area contributed by atoms with E-state index in [0.717, 1.165) is 12.1 Å². The highest BCUT2D eigenvalue weighted by Crippen LogP contribution is 2.37. The third kappa shape index (κ3) is 2.73. The predicted octanol–water partition coefficient (Wildman–Crippen LogP) is 0.507. The van der Waals surface area contributed by atoms with E-state index < -0.39 is 36.2 Å². The van der Waals surface area contributed by atoms with Crippen LogP contribution in [0.25, 0.3) is 16.8 Å². The Labute approximate surface area is 137 Å². The maximum absolute atomic E-state index is 11.3. The molecule has 2 aromatic carbocycles. The quantitative estimate of drug-likeness (QED) is 0.440. The molecule has 1 aliphatic rings. The van der Waals surface area contributed by atoms with Crippen molar-refractivity contribution in [3.8, 4) is 0 Å². The number of aliphatic hydroxyl groups is 2. The highest BCUT2D eigenvalue weighted by Gasteiger charge is 2.46. The second-order valence-electron chi connectivity index (χ2n) is 5.44. The first-order valence-electron chi connectivity index (χ1n) is 6.56. The van der Waals surface area contributed by atoms with Gasteiger partial charge in [0.2, 0.25) is 5.79 Å². The summed E-state index contributed by atoms with van der Waals surface area (Å²) in [4.78, 5) is -0.394. The van der Waals surface area contributed by atoms with Gasteiger partial charge < -0.3 is 10.2 Å². The zero-order valence-corrected chi connectivity index (χ0v) is 13.5. The molecule has 0 radical (unpaired) electrons. The van der Waals surface area contributed by atoms with E-state index in [2.05, 4.69) is 0 Å². The van der Waals surface area contributed by atoms with E-state index in [1.807, 2.05) is 0 Å². The van der Waals surface area contributed by atoms with Gasteiger partial charge in [-0.15, -0.1) is 0 Å². The molecular weight excluding hydrogens is 360 g/mol. The van der Waals surface area contributed by atoms with Gasteiger partial charge in [0.25, 0.3) is 20.2 Å². The lowest BCUT2D eigenvalue weighted by molar-refractivity contribution is -0.164. The van der Waals surface area contributed by atoms with Gasteiger partial charge in [-0.25, -0.2) is 0 Å². The fourth-order valence-corrected chi connectivity index (χ4v) is 4.03. The lowest BCUT2D eigenvalue weighted by atomic mass is 9.89. The first kappa shape index (κ1) is 17.0. The molecule has 0 bridgehead atoms. The van der Waals surface area contributed by atoms with Gasteiger partial charge in [0.05, 0.1) is 4.90 Å². The van der Waals surface area contributed by atoms with Crippen molar-refractivity contribution in [2.45, 2.75) is 15.9 Å². The monoisotopic (exact) mass is 372 g/mol.